The monoisotopic (exact) mass is 476 g/mol. The fraction of sp³-hybridized carbons (Fsp3) is 0.370. The second-order valence-electron chi connectivity index (χ2n) is 8.04. The number of hydrogen-bond donors (Lipinski definition) is 2. The molecule has 3 aromatic rings. The summed E-state index contributed by atoms with van der Waals surface area (Å²) in [5, 5.41) is 7.57. The number of terminal acetylenes is 1. The van der Waals surface area contributed by atoms with E-state index in [0.29, 0.717) is 5.65 Å². The number of nitrogens with zero attached hydrogens (tertiary/aromatic N) is 4. The first-order chi connectivity index (χ1) is 16.4. The molecular weight excluding hydrogens is 440 g/mol. The average molecular weight is 477 g/mol. The zero-order chi connectivity index (χ0) is 24.9. The Morgan fingerprint density at radius 3 is 2.65 bits per heavy atom. The van der Waals surface area contributed by atoms with Crippen molar-refractivity contribution in [1.29, 1.82) is 0 Å². The Balaban J connectivity index is 0.000000739. The molecule has 0 atom stereocenters. The van der Waals surface area contributed by atoms with Gasteiger partial charge in [-0.1, -0.05) is 55.4 Å². The Kier molecular flexibility index (Phi) is 11.2. The van der Waals surface area contributed by atoms with E-state index in [1.807, 2.05) is 31.2 Å². The molecule has 7 heteroatoms. The highest BCUT2D eigenvalue weighted by Gasteiger charge is 2.12. The summed E-state index contributed by atoms with van der Waals surface area (Å²) < 4.78 is 0.899. The fourth-order valence-corrected chi connectivity index (χ4v) is 3.74. The van der Waals surface area contributed by atoms with Crippen molar-refractivity contribution in [2.24, 2.45) is 0 Å². The summed E-state index contributed by atoms with van der Waals surface area (Å²) in [5.74, 6) is 3.36. The Morgan fingerprint density at radius 1 is 1.24 bits per heavy atom. The molecule has 0 aliphatic heterocycles. The summed E-state index contributed by atoms with van der Waals surface area (Å²) in [4.78, 5) is 15.5. The van der Waals surface area contributed by atoms with Crippen LogP contribution in [0.4, 0.5) is 16.6 Å². The zero-order valence-electron chi connectivity index (χ0n) is 21.0. The topological polar surface area (TPSA) is 66.0 Å². The van der Waals surface area contributed by atoms with Crippen molar-refractivity contribution >= 4 is 38.3 Å². The highest BCUT2D eigenvalue weighted by molar-refractivity contribution is 7.22. The van der Waals surface area contributed by atoms with Gasteiger partial charge in [-0.3, -0.25) is 0 Å². The molecular formula is C27H36N6S. The number of thiazole rings is 1. The zero-order valence-corrected chi connectivity index (χ0v) is 21.8. The average Bonchev–Trinajstić information content (AvgIpc) is 3.27. The van der Waals surface area contributed by atoms with Crippen LogP contribution in [0.25, 0.3) is 10.3 Å². The summed E-state index contributed by atoms with van der Waals surface area (Å²) in [7, 11) is 4.11. The van der Waals surface area contributed by atoms with Crippen LogP contribution in [0, 0.1) is 12.3 Å². The summed E-state index contributed by atoms with van der Waals surface area (Å²) in [6.07, 6.45) is 13.2. The minimum Gasteiger partial charge on any atom is -0.339 e. The van der Waals surface area contributed by atoms with Gasteiger partial charge in [0.2, 0.25) is 0 Å². The van der Waals surface area contributed by atoms with Gasteiger partial charge in [0.1, 0.15) is 11.0 Å². The maximum Gasteiger partial charge on any atom is 0.189 e. The summed E-state index contributed by atoms with van der Waals surface area (Å²) in [6, 6.07) is 7.68. The first-order valence-electron chi connectivity index (χ1n) is 11.6. The lowest BCUT2D eigenvalue weighted by Gasteiger charge is -2.08. The van der Waals surface area contributed by atoms with E-state index < -0.39 is 0 Å². The second-order valence-corrected chi connectivity index (χ2v) is 9.04. The first kappa shape index (κ1) is 27.0. The minimum absolute atomic E-state index is 0.665. The molecule has 0 aliphatic rings. The number of benzene rings is 1. The molecule has 2 N–H and O–H groups in total. The van der Waals surface area contributed by atoms with Gasteiger partial charge < -0.3 is 15.5 Å². The van der Waals surface area contributed by atoms with Crippen molar-refractivity contribution in [3.8, 4) is 12.3 Å². The van der Waals surface area contributed by atoms with Crippen molar-refractivity contribution in [3.05, 3.63) is 60.1 Å². The van der Waals surface area contributed by atoms with Crippen LogP contribution in [0.2, 0.25) is 0 Å². The molecule has 2 heterocycles. The van der Waals surface area contributed by atoms with Crippen molar-refractivity contribution < 1.29 is 0 Å². The number of hydrogen-bond acceptors (Lipinski definition) is 7. The van der Waals surface area contributed by atoms with E-state index in [9.17, 15) is 0 Å². The van der Waals surface area contributed by atoms with Crippen LogP contribution in [-0.4, -0.2) is 40.5 Å². The molecule has 0 aliphatic carbocycles. The van der Waals surface area contributed by atoms with Crippen LogP contribution < -0.4 is 10.6 Å². The van der Waals surface area contributed by atoms with E-state index in [-0.39, 0.29) is 0 Å². The van der Waals surface area contributed by atoms with Crippen LogP contribution in [0.5, 0.6) is 0 Å². The third-order valence-corrected chi connectivity index (χ3v) is 6.17. The number of nitrogens with one attached hydrogen (secondary N) is 2. The van der Waals surface area contributed by atoms with Crippen molar-refractivity contribution in [3.63, 3.8) is 0 Å². The van der Waals surface area contributed by atoms with Crippen LogP contribution in [0.1, 0.15) is 52.0 Å². The van der Waals surface area contributed by atoms with Gasteiger partial charge in [-0.25, -0.2) is 9.97 Å². The first-order valence-corrected chi connectivity index (χ1v) is 12.4. The van der Waals surface area contributed by atoms with E-state index in [1.165, 1.54) is 23.2 Å². The Hall–Kier alpha value is -3.21. The predicted octanol–water partition coefficient (Wildman–Crippen LogP) is 6.83. The Bertz CT molecular complexity index is 1140. The van der Waals surface area contributed by atoms with Gasteiger partial charge in [-0.2, -0.15) is 4.98 Å². The van der Waals surface area contributed by atoms with Gasteiger partial charge in [0.25, 0.3) is 0 Å². The number of allylic oxidation sites excluding steroid dienone is 3. The molecule has 2 aromatic heterocycles. The summed E-state index contributed by atoms with van der Waals surface area (Å²) >= 11 is 1.53. The normalized spacial score (nSPS) is 11.0. The molecule has 0 amide bonds. The van der Waals surface area contributed by atoms with E-state index >= 15 is 0 Å². The van der Waals surface area contributed by atoms with Gasteiger partial charge in [0, 0.05) is 16.9 Å². The number of rotatable bonds is 10. The van der Waals surface area contributed by atoms with Crippen LogP contribution >= 0.6 is 11.3 Å². The smallest absolute Gasteiger partial charge is 0.189 e. The van der Waals surface area contributed by atoms with Gasteiger partial charge >= 0.3 is 0 Å². The molecule has 1 aromatic carbocycles. The lowest BCUT2D eigenvalue weighted by Crippen LogP contribution is -2.08. The molecule has 6 nitrogen and oxygen atoms in total. The number of anilines is 3. The van der Waals surface area contributed by atoms with Crippen molar-refractivity contribution in [1.82, 2.24) is 19.9 Å². The van der Waals surface area contributed by atoms with Crippen LogP contribution in [0.15, 0.2) is 54.5 Å². The maximum absolute atomic E-state index is 5.49. The third-order valence-electron chi connectivity index (χ3n) is 5.21. The van der Waals surface area contributed by atoms with Crippen LogP contribution in [-0.2, 0) is 0 Å². The quantitative estimate of drug-likeness (QED) is 0.247. The van der Waals surface area contributed by atoms with E-state index in [0.717, 1.165) is 64.8 Å². The molecule has 3 rings (SSSR count). The molecule has 0 fully saturated rings. The fourth-order valence-electron chi connectivity index (χ4n) is 2.84. The van der Waals surface area contributed by atoms with Gasteiger partial charge in [-0.15, -0.1) is 6.42 Å². The van der Waals surface area contributed by atoms with Crippen LogP contribution in [0.3, 0.4) is 0 Å². The Labute approximate surface area is 208 Å². The highest BCUT2D eigenvalue weighted by atomic mass is 32.1. The van der Waals surface area contributed by atoms with E-state index in [4.69, 9.17) is 6.42 Å². The van der Waals surface area contributed by atoms with Gasteiger partial charge in [0.15, 0.2) is 16.6 Å². The molecule has 0 unspecified atom stereocenters. The predicted molar refractivity (Wildman–Crippen MR) is 148 cm³/mol. The second kappa shape index (κ2) is 14.1. The van der Waals surface area contributed by atoms with Crippen molar-refractivity contribution in [2.75, 3.05) is 31.3 Å². The van der Waals surface area contributed by atoms with Crippen molar-refractivity contribution in [2.45, 2.75) is 46.5 Å². The van der Waals surface area contributed by atoms with E-state index in [2.05, 4.69) is 77.0 Å². The van der Waals surface area contributed by atoms with Gasteiger partial charge in [-0.05, 0) is 71.4 Å². The number of aromatic nitrogens is 3. The maximum atomic E-state index is 5.49. The van der Waals surface area contributed by atoms with Gasteiger partial charge in [0.05, 0.1) is 0 Å². The third kappa shape index (κ3) is 8.62. The lowest BCUT2D eigenvalue weighted by atomic mass is 10.1. The standard InChI is InChI=1S/C23H25N5S.C4H11N/c1-5-16(4)10-8-12-18(7-3)27-23-28-22-20(29-23)21(24-15-25-22)26-19-13-9-11-17(6-2)14-19;1-4-5(2)3/h2,7,9,11,13-15H,4-5,8,10,12H2,1,3H3,(H2,24,25,26,27,28);4H2,1-3H3/b18-7+;. The molecule has 0 saturated carbocycles. The molecule has 0 bridgehead atoms. The molecule has 180 valence electrons. The molecule has 0 radical (unpaired) electrons. The summed E-state index contributed by atoms with van der Waals surface area (Å²) in [6.45, 7) is 11.5. The molecule has 34 heavy (non-hydrogen) atoms. The lowest BCUT2D eigenvalue weighted by molar-refractivity contribution is 0.434. The van der Waals surface area contributed by atoms with E-state index in [1.54, 1.807) is 0 Å². The number of fused-ring (bicyclic) bond motifs is 1. The highest BCUT2D eigenvalue weighted by Crippen LogP contribution is 2.32. The minimum atomic E-state index is 0.665. The summed E-state index contributed by atoms with van der Waals surface area (Å²) in [5.41, 5.74) is 4.81. The molecule has 0 saturated heterocycles. The SMILES string of the molecule is C#Cc1cccc(Nc2ncnc3nc(N/C(=C/C)CCCC(=C)CC)sc23)c1.CCN(C)C. The Morgan fingerprint density at radius 2 is 2.00 bits per heavy atom. The largest absolute Gasteiger partial charge is 0.339 e. The molecule has 0 spiro atoms.